The molecule has 0 amide bonds. The van der Waals surface area contributed by atoms with Gasteiger partial charge in [0, 0.05) is 13.6 Å². The molecule has 54 valence electrons. The van der Waals surface area contributed by atoms with Gasteiger partial charge in [-0.05, 0) is 19.1 Å². The second-order valence-electron chi connectivity index (χ2n) is 1.81. The van der Waals surface area contributed by atoms with Gasteiger partial charge in [0.25, 0.3) is 0 Å². The minimum Gasteiger partial charge on any atom is -0.392 e. The average Bonchev–Trinajstić information content (AvgIpc) is 1.83. The topological polar surface area (TPSA) is 44.3 Å². The number of aliphatic hydroxyl groups excluding tert-OH is 1. The van der Waals surface area contributed by atoms with Crippen LogP contribution >= 0.6 is 12.2 Å². The average molecular weight is 148 g/mol. The van der Waals surface area contributed by atoms with Crippen LogP contribution in [0, 0.1) is 0 Å². The Hall–Kier alpha value is -0.350. The predicted molar refractivity (Wildman–Crippen MR) is 41.3 cm³/mol. The highest BCUT2D eigenvalue weighted by molar-refractivity contribution is 7.80. The molecule has 0 rings (SSSR count). The Morgan fingerprint density at radius 3 is 2.67 bits per heavy atom. The number of hydrogen-bond acceptors (Lipinski definition) is 2. The van der Waals surface area contributed by atoms with Crippen molar-refractivity contribution in [2.75, 3.05) is 13.6 Å². The SMILES string of the molecule is CNC(=S)NC[C@@H](C)O. The second-order valence-corrected chi connectivity index (χ2v) is 2.22. The van der Waals surface area contributed by atoms with E-state index in [0.717, 1.165) is 0 Å². The van der Waals surface area contributed by atoms with Crippen molar-refractivity contribution in [2.24, 2.45) is 0 Å². The number of rotatable bonds is 2. The summed E-state index contributed by atoms with van der Waals surface area (Å²) in [6, 6.07) is 0. The first-order valence-corrected chi connectivity index (χ1v) is 3.21. The molecule has 3 N–H and O–H groups in total. The molecule has 0 bridgehead atoms. The lowest BCUT2D eigenvalue weighted by atomic mass is 10.4. The number of nitrogens with one attached hydrogen (secondary N) is 2. The molecule has 0 fully saturated rings. The van der Waals surface area contributed by atoms with E-state index in [-0.39, 0.29) is 6.10 Å². The maximum absolute atomic E-state index is 8.75. The summed E-state index contributed by atoms with van der Waals surface area (Å²) < 4.78 is 0. The first-order chi connectivity index (χ1) is 4.16. The van der Waals surface area contributed by atoms with Gasteiger partial charge in [-0.1, -0.05) is 0 Å². The Morgan fingerprint density at radius 1 is 1.78 bits per heavy atom. The Bertz CT molecular complexity index is 95.0. The van der Waals surface area contributed by atoms with E-state index in [0.29, 0.717) is 11.7 Å². The molecule has 0 radical (unpaired) electrons. The highest BCUT2D eigenvalue weighted by Gasteiger charge is 1.94. The molecule has 0 aliphatic rings. The quantitative estimate of drug-likeness (QED) is 0.460. The third-order valence-corrected chi connectivity index (χ3v) is 1.13. The van der Waals surface area contributed by atoms with Gasteiger partial charge in [0.05, 0.1) is 6.10 Å². The lowest BCUT2D eigenvalue weighted by molar-refractivity contribution is 0.198. The summed E-state index contributed by atoms with van der Waals surface area (Å²) in [6.45, 7) is 2.20. The van der Waals surface area contributed by atoms with Crippen LogP contribution in [0.4, 0.5) is 0 Å². The molecule has 3 nitrogen and oxygen atoms in total. The molecular formula is C5H12N2OS. The van der Waals surface area contributed by atoms with Crippen molar-refractivity contribution >= 4 is 17.3 Å². The van der Waals surface area contributed by atoms with E-state index in [1.807, 2.05) is 0 Å². The first kappa shape index (κ1) is 8.65. The zero-order valence-corrected chi connectivity index (χ0v) is 6.46. The van der Waals surface area contributed by atoms with Crippen molar-refractivity contribution in [3.8, 4) is 0 Å². The van der Waals surface area contributed by atoms with Gasteiger partial charge in [-0.3, -0.25) is 0 Å². The van der Waals surface area contributed by atoms with E-state index in [1.54, 1.807) is 14.0 Å². The third kappa shape index (κ3) is 5.52. The van der Waals surface area contributed by atoms with Crippen molar-refractivity contribution < 1.29 is 5.11 Å². The van der Waals surface area contributed by atoms with Gasteiger partial charge in [-0.25, -0.2) is 0 Å². The van der Waals surface area contributed by atoms with Crippen molar-refractivity contribution in [2.45, 2.75) is 13.0 Å². The van der Waals surface area contributed by atoms with Crippen molar-refractivity contribution in [3.63, 3.8) is 0 Å². The van der Waals surface area contributed by atoms with E-state index in [2.05, 4.69) is 10.6 Å². The molecule has 0 aliphatic heterocycles. The summed E-state index contributed by atoms with van der Waals surface area (Å²) >= 11 is 4.74. The van der Waals surface area contributed by atoms with E-state index >= 15 is 0 Å². The van der Waals surface area contributed by atoms with Gasteiger partial charge in [-0.15, -0.1) is 0 Å². The third-order valence-electron chi connectivity index (χ3n) is 0.785. The van der Waals surface area contributed by atoms with Crippen LogP contribution in [0.5, 0.6) is 0 Å². The molecule has 0 aromatic carbocycles. The standard InChI is InChI=1S/C5H12N2OS/c1-4(8)3-7-5(9)6-2/h4,8H,3H2,1-2H3,(H2,6,7,9)/t4-/m1/s1. The normalized spacial score (nSPS) is 12.3. The van der Waals surface area contributed by atoms with Crippen LogP contribution in [0.1, 0.15) is 6.92 Å². The fraction of sp³-hybridized carbons (Fsp3) is 0.800. The fourth-order valence-electron chi connectivity index (χ4n) is 0.329. The van der Waals surface area contributed by atoms with Gasteiger partial charge in [0.2, 0.25) is 0 Å². The van der Waals surface area contributed by atoms with Crippen molar-refractivity contribution in [1.29, 1.82) is 0 Å². The minimum absolute atomic E-state index is 0.351. The van der Waals surface area contributed by atoms with Crippen LogP contribution < -0.4 is 10.6 Å². The van der Waals surface area contributed by atoms with Crippen LogP contribution in [-0.2, 0) is 0 Å². The summed E-state index contributed by atoms with van der Waals surface area (Å²) in [7, 11) is 1.73. The van der Waals surface area contributed by atoms with Crippen LogP contribution in [0.3, 0.4) is 0 Å². The molecule has 0 spiro atoms. The van der Waals surface area contributed by atoms with Crippen molar-refractivity contribution in [3.05, 3.63) is 0 Å². The van der Waals surface area contributed by atoms with Crippen LogP contribution in [0.2, 0.25) is 0 Å². The van der Waals surface area contributed by atoms with Gasteiger partial charge >= 0.3 is 0 Å². The molecule has 9 heavy (non-hydrogen) atoms. The maximum atomic E-state index is 8.75. The molecule has 1 atom stereocenters. The molecule has 0 saturated heterocycles. The van der Waals surface area contributed by atoms with E-state index in [1.165, 1.54) is 0 Å². The smallest absolute Gasteiger partial charge is 0.166 e. The highest BCUT2D eigenvalue weighted by atomic mass is 32.1. The first-order valence-electron chi connectivity index (χ1n) is 2.80. The molecule has 0 aromatic rings. The molecule has 0 aromatic heterocycles. The Kier molecular flexibility index (Phi) is 4.35. The van der Waals surface area contributed by atoms with Gasteiger partial charge in [-0.2, -0.15) is 0 Å². The molecule has 0 unspecified atom stereocenters. The summed E-state index contributed by atoms with van der Waals surface area (Å²) in [5.74, 6) is 0. The van der Waals surface area contributed by atoms with E-state index in [4.69, 9.17) is 17.3 Å². The minimum atomic E-state index is -0.351. The van der Waals surface area contributed by atoms with Gasteiger partial charge in [0.15, 0.2) is 5.11 Å². The molecular weight excluding hydrogens is 136 g/mol. The van der Waals surface area contributed by atoms with Crippen LogP contribution in [-0.4, -0.2) is 29.9 Å². The van der Waals surface area contributed by atoms with E-state index in [9.17, 15) is 0 Å². The lowest BCUT2D eigenvalue weighted by Gasteiger charge is -2.07. The maximum Gasteiger partial charge on any atom is 0.166 e. The Balaban J connectivity index is 3.17. The zero-order chi connectivity index (χ0) is 7.28. The second kappa shape index (κ2) is 4.52. The van der Waals surface area contributed by atoms with E-state index < -0.39 is 0 Å². The molecule has 4 heteroatoms. The number of thiocarbonyl (C=S) groups is 1. The summed E-state index contributed by atoms with van der Waals surface area (Å²) in [5, 5.41) is 14.8. The zero-order valence-electron chi connectivity index (χ0n) is 5.64. The lowest BCUT2D eigenvalue weighted by Crippen LogP contribution is -2.36. The van der Waals surface area contributed by atoms with Crippen molar-refractivity contribution in [1.82, 2.24) is 10.6 Å². The van der Waals surface area contributed by atoms with Gasteiger partial charge < -0.3 is 15.7 Å². The Labute approximate surface area is 60.5 Å². The Morgan fingerprint density at radius 2 is 2.33 bits per heavy atom. The summed E-state index contributed by atoms with van der Waals surface area (Å²) in [4.78, 5) is 0. The highest BCUT2D eigenvalue weighted by Crippen LogP contribution is 1.73. The molecule has 0 aliphatic carbocycles. The predicted octanol–water partition coefficient (Wildman–Crippen LogP) is -0.539. The largest absolute Gasteiger partial charge is 0.392 e. The summed E-state index contributed by atoms with van der Waals surface area (Å²) in [5.41, 5.74) is 0. The fourth-order valence-corrected chi connectivity index (χ4v) is 0.412. The number of hydrogen-bond donors (Lipinski definition) is 3. The summed E-state index contributed by atoms with van der Waals surface area (Å²) in [6.07, 6.45) is -0.351. The molecule has 0 heterocycles. The van der Waals surface area contributed by atoms with Crippen LogP contribution in [0.15, 0.2) is 0 Å². The van der Waals surface area contributed by atoms with Gasteiger partial charge in [0.1, 0.15) is 0 Å². The number of aliphatic hydroxyl groups is 1. The monoisotopic (exact) mass is 148 g/mol. The van der Waals surface area contributed by atoms with Crippen LogP contribution in [0.25, 0.3) is 0 Å². The molecule has 0 saturated carbocycles.